The summed E-state index contributed by atoms with van der Waals surface area (Å²) in [4.78, 5) is 14.9. The monoisotopic (exact) mass is 369 g/mol. The first kappa shape index (κ1) is 19.1. The van der Waals surface area contributed by atoms with Gasteiger partial charge in [0.2, 0.25) is 5.91 Å². The molecule has 1 aliphatic heterocycles. The van der Waals surface area contributed by atoms with E-state index in [1.165, 1.54) is 0 Å². The number of carbonyl (C=O) groups is 1. The molecule has 3 nitrogen and oxygen atoms in total. The van der Waals surface area contributed by atoms with E-state index in [0.29, 0.717) is 0 Å². The van der Waals surface area contributed by atoms with Gasteiger partial charge in [0, 0.05) is 13.1 Å². The summed E-state index contributed by atoms with van der Waals surface area (Å²) in [5.41, 5.74) is 0.322. The average Bonchev–Trinajstić information content (AvgIpc) is 3.34. The molecule has 1 heterocycles. The van der Waals surface area contributed by atoms with E-state index in [1.807, 2.05) is 25.1 Å². The maximum atomic E-state index is 13.3. The number of piperidine rings is 1. The third-order valence-corrected chi connectivity index (χ3v) is 6.03. The second kappa shape index (κ2) is 6.17. The van der Waals surface area contributed by atoms with Crippen molar-refractivity contribution in [2.24, 2.45) is 11.3 Å². The standard InChI is InChI=1S/C20H26F3NO2/c1-13-5-6-14(11-15(13)26-4)19(8-9-19)17(25)24-10-7-16(20(21,22)23)18(2,3)12-24/h5-6,11,16H,7-10,12H2,1-4H3/t16-/m1/s1. The highest BCUT2D eigenvalue weighted by Crippen LogP contribution is 2.52. The summed E-state index contributed by atoms with van der Waals surface area (Å²) >= 11 is 0. The molecule has 2 aliphatic rings. The Labute approximate surface area is 152 Å². The summed E-state index contributed by atoms with van der Waals surface area (Å²) < 4.78 is 45.2. The molecule has 2 fully saturated rings. The van der Waals surface area contributed by atoms with Crippen molar-refractivity contribution in [3.63, 3.8) is 0 Å². The summed E-state index contributed by atoms with van der Waals surface area (Å²) in [6, 6.07) is 5.77. The van der Waals surface area contributed by atoms with Crippen LogP contribution in [0.1, 0.15) is 44.2 Å². The number of likely N-dealkylation sites (tertiary alicyclic amines) is 1. The van der Waals surface area contributed by atoms with Crippen molar-refractivity contribution in [2.75, 3.05) is 20.2 Å². The number of amides is 1. The molecule has 6 heteroatoms. The lowest BCUT2D eigenvalue weighted by atomic mass is 9.73. The summed E-state index contributed by atoms with van der Waals surface area (Å²) in [5.74, 6) is -0.677. The van der Waals surface area contributed by atoms with Gasteiger partial charge >= 0.3 is 6.18 Å². The largest absolute Gasteiger partial charge is 0.496 e. The van der Waals surface area contributed by atoms with Gasteiger partial charge in [-0.15, -0.1) is 0 Å². The summed E-state index contributed by atoms with van der Waals surface area (Å²) in [6.07, 6.45) is -2.79. The molecule has 0 aromatic heterocycles. The second-order valence-electron chi connectivity index (χ2n) is 8.36. The van der Waals surface area contributed by atoms with Gasteiger partial charge in [0.15, 0.2) is 0 Å². The van der Waals surface area contributed by atoms with Crippen LogP contribution in [0, 0.1) is 18.3 Å². The zero-order valence-electron chi connectivity index (χ0n) is 15.7. The van der Waals surface area contributed by atoms with Gasteiger partial charge in [-0.05, 0) is 48.8 Å². The van der Waals surface area contributed by atoms with E-state index >= 15 is 0 Å². The topological polar surface area (TPSA) is 29.5 Å². The van der Waals surface area contributed by atoms with Crippen LogP contribution in [0.4, 0.5) is 13.2 Å². The molecule has 0 radical (unpaired) electrons. The molecular formula is C20H26F3NO2. The number of rotatable bonds is 3. The van der Waals surface area contributed by atoms with Crippen LogP contribution in [-0.4, -0.2) is 37.2 Å². The van der Waals surface area contributed by atoms with Gasteiger partial charge < -0.3 is 9.64 Å². The molecule has 3 rings (SSSR count). The van der Waals surface area contributed by atoms with Gasteiger partial charge in [0.25, 0.3) is 0 Å². The minimum Gasteiger partial charge on any atom is -0.496 e. The first-order valence-electron chi connectivity index (χ1n) is 9.02. The lowest BCUT2D eigenvalue weighted by Crippen LogP contribution is -2.54. The summed E-state index contributed by atoms with van der Waals surface area (Å²) in [7, 11) is 1.60. The summed E-state index contributed by atoms with van der Waals surface area (Å²) in [5, 5.41) is 0. The molecule has 1 aromatic carbocycles. The van der Waals surface area contributed by atoms with Crippen molar-refractivity contribution < 1.29 is 22.7 Å². The van der Waals surface area contributed by atoms with Crippen molar-refractivity contribution in [1.29, 1.82) is 0 Å². The van der Waals surface area contributed by atoms with Gasteiger partial charge in [0.05, 0.1) is 18.4 Å². The van der Waals surface area contributed by atoms with Gasteiger partial charge in [0.1, 0.15) is 5.75 Å². The SMILES string of the molecule is COc1cc(C2(C(=O)N3CC[C@@H](C(F)(F)F)C(C)(C)C3)CC2)ccc1C. The van der Waals surface area contributed by atoms with Crippen LogP contribution in [0.15, 0.2) is 18.2 Å². The fourth-order valence-electron chi connectivity index (χ4n) is 4.31. The van der Waals surface area contributed by atoms with Crippen LogP contribution >= 0.6 is 0 Å². The highest BCUT2D eigenvalue weighted by Gasteiger charge is 2.57. The molecular weight excluding hydrogens is 343 g/mol. The van der Waals surface area contributed by atoms with Crippen molar-refractivity contribution >= 4 is 5.91 Å². The highest BCUT2D eigenvalue weighted by molar-refractivity contribution is 5.91. The van der Waals surface area contributed by atoms with E-state index in [0.717, 1.165) is 29.7 Å². The van der Waals surface area contributed by atoms with Gasteiger partial charge in [-0.3, -0.25) is 4.79 Å². The van der Waals surface area contributed by atoms with E-state index in [2.05, 4.69) is 0 Å². The van der Waals surface area contributed by atoms with Crippen molar-refractivity contribution in [2.45, 2.75) is 51.6 Å². The first-order chi connectivity index (χ1) is 12.0. The van der Waals surface area contributed by atoms with Crippen LogP contribution in [0.2, 0.25) is 0 Å². The Morgan fingerprint density at radius 2 is 1.92 bits per heavy atom. The van der Waals surface area contributed by atoms with E-state index in [4.69, 9.17) is 4.74 Å². The molecule has 26 heavy (non-hydrogen) atoms. The number of carbonyl (C=O) groups excluding carboxylic acids is 1. The predicted molar refractivity (Wildman–Crippen MR) is 93.2 cm³/mol. The molecule has 1 aromatic rings. The maximum absolute atomic E-state index is 13.3. The molecule has 1 saturated heterocycles. The zero-order valence-corrected chi connectivity index (χ0v) is 15.7. The fraction of sp³-hybridized carbons (Fsp3) is 0.650. The zero-order chi connectivity index (χ0) is 19.3. The third kappa shape index (κ3) is 3.19. The van der Waals surface area contributed by atoms with Gasteiger partial charge in [-0.2, -0.15) is 13.2 Å². The van der Waals surface area contributed by atoms with Gasteiger partial charge in [-0.1, -0.05) is 26.0 Å². The van der Waals surface area contributed by atoms with Crippen LogP contribution < -0.4 is 4.74 Å². The van der Waals surface area contributed by atoms with E-state index < -0.39 is 22.9 Å². The molecule has 0 bridgehead atoms. The number of benzene rings is 1. The molecule has 144 valence electrons. The first-order valence-corrected chi connectivity index (χ1v) is 9.02. The molecule has 1 atom stereocenters. The minimum absolute atomic E-state index is 0.0322. The number of halogens is 3. The molecule has 1 amide bonds. The Balaban J connectivity index is 1.82. The number of aryl methyl sites for hydroxylation is 1. The Bertz CT molecular complexity index is 707. The molecule has 1 saturated carbocycles. The van der Waals surface area contributed by atoms with E-state index in [-0.39, 0.29) is 25.4 Å². The minimum atomic E-state index is -4.22. The maximum Gasteiger partial charge on any atom is 0.392 e. The number of hydrogen-bond donors (Lipinski definition) is 0. The predicted octanol–water partition coefficient (Wildman–Crippen LogP) is 4.47. The van der Waals surface area contributed by atoms with Crippen molar-refractivity contribution in [3.05, 3.63) is 29.3 Å². The number of methoxy groups -OCH3 is 1. The quantitative estimate of drug-likeness (QED) is 0.787. The second-order valence-corrected chi connectivity index (χ2v) is 8.36. The smallest absolute Gasteiger partial charge is 0.392 e. The normalized spacial score (nSPS) is 24.3. The highest BCUT2D eigenvalue weighted by atomic mass is 19.4. The Morgan fingerprint density at radius 3 is 2.42 bits per heavy atom. The van der Waals surface area contributed by atoms with E-state index in [1.54, 1.807) is 25.9 Å². The van der Waals surface area contributed by atoms with Crippen LogP contribution in [0.25, 0.3) is 0 Å². The molecule has 0 unspecified atom stereocenters. The molecule has 0 N–H and O–H groups in total. The van der Waals surface area contributed by atoms with E-state index in [9.17, 15) is 18.0 Å². The number of ether oxygens (including phenoxy) is 1. The Kier molecular flexibility index (Phi) is 4.52. The Hall–Kier alpha value is -1.72. The fourth-order valence-corrected chi connectivity index (χ4v) is 4.31. The third-order valence-electron chi connectivity index (χ3n) is 6.03. The van der Waals surface area contributed by atoms with Crippen LogP contribution in [-0.2, 0) is 10.2 Å². The van der Waals surface area contributed by atoms with Crippen molar-refractivity contribution in [1.82, 2.24) is 4.90 Å². The number of hydrogen-bond acceptors (Lipinski definition) is 2. The molecule has 1 aliphatic carbocycles. The van der Waals surface area contributed by atoms with Gasteiger partial charge in [-0.25, -0.2) is 0 Å². The number of nitrogens with zero attached hydrogens (tertiary/aromatic N) is 1. The average molecular weight is 369 g/mol. The van der Waals surface area contributed by atoms with Crippen molar-refractivity contribution in [3.8, 4) is 5.75 Å². The number of alkyl halides is 3. The van der Waals surface area contributed by atoms with Crippen LogP contribution in [0.5, 0.6) is 5.75 Å². The molecule has 0 spiro atoms. The van der Waals surface area contributed by atoms with Crippen LogP contribution in [0.3, 0.4) is 0 Å². The Morgan fingerprint density at radius 1 is 1.27 bits per heavy atom. The lowest BCUT2D eigenvalue weighted by molar-refractivity contribution is -0.217. The summed E-state index contributed by atoms with van der Waals surface area (Å²) in [6.45, 7) is 5.46. The lowest BCUT2D eigenvalue weighted by Gasteiger charge is -2.45.